The molecule has 0 aromatic rings. The summed E-state index contributed by atoms with van der Waals surface area (Å²) in [4.78, 5) is 16.2. The fraction of sp³-hybridized carbons (Fsp3) is 0.933. The molecule has 0 aromatic carbocycles. The van der Waals surface area contributed by atoms with Crippen molar-refractivity contribution in [2.75, 3.05) is 33.7 Å². The van der Waals surface area contributed by atoms with E-state index < -0.39 is 11.5 Å². The van der Waals surface area contributed by atoms with E-state index in [0.717, 1.165) is 19.6 Å². The van der Waals surface area contributed by atoms with Crippen LogP contribution in [0.3, 0.4) is 0 Å². The van der Waals surface area contributed by atoms with E-state index in [4.69, 9.17) is 0 Å². The van der Waals surface area contributed by atoms with Crippen molar-refractivity contribution >= 4 is 5.97 Å². The first-order chi connectivity index (χ1) is 9.24. The molecule has 0 radical (unpaired) electrons. The summed E-state index contributed by atoms with van der Waals surface area (Å²) in [7, 11) is 4.24. The highest BCUT2D eigenvalue weighted by atomic mass is 16.4. The smallest absolute Gasteiger partial charge is 0.323 e. The predicted molar refractivity (Wildman–Crippen MR) is 82.1 cm³/mol. The number of aliphatic carboxylic acids is 1. The second-order valence-electron chi connectivity index (χ2n) is 6.75. The summed E-state index contributed by atoms with van der Waals surface area (Å²) in [6.45, 7) is 8.75. The van der Waals surface area contributed by atoms with E-state index in [1.807, 2.05) is 13.8 Å². The van der Waals surface area contributed by atoms with Crippen LogP contribution in [-0.4, -0.2) is 72.2 Å². The van der Waals surface area contributed by atoms with Crippen LogP contribution in [0, 0.1) is 0 Å². The minimum atomic E-state index is -0.834. The largest absolute Gasteiger partial charge is 0.480 e. The van der Waals surface area contributed by atoms with Crippen LogP contribution in [0.5, 0.6) is 0 Å². The van der Waals surface area contributed by atoms with Gasteiger partial charge in [0.1, 0.15) is 5.54 Å². The summed E-state index contributed by atoms with van der Waals surface area (Å²) >= 11 is 0. The SMILES string of the molecule is CC(C)NC(C)(CCN1CCCC(N(C)C)C1)C(=O)O. The van der Waals surface area contributed by atoms with Gasteiger partial charge in [0, 0.05) is 25.2 Å². The second-order valence-corrected chi connectivity index (χ2v) is 6.75. The topological polar surface area (TPSA) is 55.8 Å². The van der Waals surface area contributed by atoms with Gasteiger partial charge >= 0.3 is 5.97 Å². The molecule has 5 nitrogen and oxygen atoms in total. The lowest BCUT2D eigenvalue weighted by Gasteiger charge is -2.38. The Bertz CT molecular complexity index is 320. The van der Waals surface area contributed by atoms with Gasteiger partial charge in [-0.1, -0.05) is 0 Å². The van der Waals surface area contributed by atoms with Crippen molar-refractivity contribution in [1.82, 2.24) is 15.1 Å². The van der Waals surface area contributed by atoms with Gasteiger partial charge in [-0.2, -0.15) is 0 Å². The third kappa shape index (κ3) is 5.04. The molecule has 1 rings (SSSR count). The van der Waals surface area contributed by atoms with Crippen LogP contribution >= 0.6 is 0 Å². The maximum atomic E-state index is 11.5. The number of carboxylic acids is 1. The number of nitrogens with one attached hydrogen (secondary N) is 1. The second kappa shape index (κ2) is 7.38. The normalized spacial score (nSPS) is 24.1. The van der Waals surface area contributed by atoms with Crippen LogP contribution in [0.1, 0.15) is 40.0 Å². The molecule has 0 spiro atoms. The Morgan fingerprint density at radius 1 is 1.50 bits per heavy atom. The molecule has 0 bridgehead atoms. The van der Waals surface area contributed by atoms with Crippen LogP contribution in [0.15, 0.2) is 0 Å². The zero-order valence-electron chi connectivity index (χ0n) is 13.6. The van der Waals surface area contributed by atoms with Gasteiger partial charge in [-0.25, -0.2) is 0 Å². The third-order valence-electron chi connectivity index (χ3n) is 4.22. The number of likely N-dealkylation sites (N-methyl/N-ethyl adjacent to an activating group) is 1. The van der Waals surface area contributed by atoms with Crippen molar-refractivity contribution < 1.29 is 9.90 Å². The van der Waals surface area contributed by atoms with Gasteiger partial charge in [0.05, 0.1) is 0 Å². The molecular formula is C15H31N3O2. The number of likely N-dealkylation sites (tertiary alicyclic amines) is 1. The summed E-state index contributed by atoms with van der Waals surface area (Å²) in [6, 6.07) is 0.768. The summed E-state index contributed by atoms with van der Waals surface area (Å²) in [6.07, 6.45) is 3.08. The summed E-state index contributed by atoms with van der Waals surface area (Å²) in [5.41, 5.74) is -0.834. The van der Waals surface area contributed by atoms with Gasteiger partial charge in [0.15, 0.2) is 0 Å². The van der Waals surface area contributed by atoms with Gasteiger partial charge < -0.3 is 14.9 Å². The molecular weight excluding hydrogens is 254 g/mol. The molecule has 20 heavy (non-hydrogen) atoms. The number of hydrogen-bond acceptors (Lipinski definition) is 4. The highest BCUT2D eigenvalue weighted by Gasteiger charge is 2.34. The Kier molecular flexibility index (Phi) is 6.43. The van der Waals surface area contributed by atoms with Gasteiger partial charge in [-0.05, 0) is 60.7 Å². The molecule has 0 saturated carbocycles. The van der Waals surface area contributed by atoms with Crippen molar-refractivity contribution in [3.63, 3.8) is 0 Å². The minimum absolute atomic E-state index is 0.173. The predicted octanol–water partition coefficient (Wildman–Crippen LogP) is 1.24. The molecule has 2 N–H and O–H groups in total. The highest BCUT2D eigenvalue weighted by molar-refractivity contribution is 5.78. The molecule has 1 aliphatic heterocycles. The number of carboxylic acid groups (broad SMARTS) is 1. The standard InChI is InChI=1S/C15H31N3O2/c1-12(2)16-15(3,14(19)20)8-10-18-9-6-7-13(11-18)17(4)5/h12-13,16H,6-11H2,1-5H3,(H,19,20). The van der Waals surface area contributed by atoms with E-state index >= 15 is 0 Å². The zero-order chi connectivity index (χ0) is 15.3. The molecule has 118 valence electrons. The Hall–Kier alpha value is -0.650. The zero-order valence-corrected chi connectivity index (χ0v) is 13.6. The van der Waals surface area contributed by atoms with Crippen molar-refractivity contribution in [3.05, 3.63) is 0 Å². The first kappa shape index (κ1) is 17.4. The Balaban J connectivity index is 2.53. The summed E-state index contributed by atoms with van der Waals surface area (Å²) in [5.74, 6) is -0.757. The lowest BCUT2D eigenvalue weighted by molar-refractivity contribution is -0.145. The van der Waals surface area contributed by atoms with Gasteiger partial charge in [-0.15, -0.1) is 0 Å². The van der Waals surface area contributed by atoms with E-state index in [0.29, 0.717) is 12.5 Å². The van der Waals surface area contributed by atoms with Crippen molar-refractivity contribution in [1.29, 1.82) is 0 Å². The maximum absolute atomic E-state index is 11.5. The minimum Gasteiger partial charge on any atom is -0.480 e. The Labute approximate surface area is 123 Å². The fourth-order valence-corrected chi connectivity index (χ4v) is 2.92. The van der Waals surface area contributed by atoms with Crippen LogP contribution in [0.4, 0.5) is 0 Å². The molecule has 0 aromatic heterocycles. The first-order valence-electron chi connectivity index (χ1n) is 7.64. The monoisotopic (exact) mass is 285 g/mol. The first-order valence-corrected chi connectivity index (χ1v) is 7.64. The van der Waals surface area contributed by atoms with Crippen LogP contribution in [-0.2, 0) is 4.79 Å². The molecule has 2 unspecified atom stereocenters. The molecule has 0 amide bonds. The molecule has 5 heteroatoms. The van der Waals surface area contributed by atoms with Crippen molar-refractivity contribution in [3.8, 4) is 0 Å². The number of hydrogen-bond donors (Lipinski definition) is 2. The van der Waals surface area contributed by atoms with E-state index in [1.165, 1.54) is 12.8 Å². The molecule has 0 aliphatic carbocycles. The summed E-state index contributed by atoms with van der Waals surface area (Å²) in [5, 5.41) is 12.7. The van der Waals surface area contributed by atoms with E-state index in [2.05, 4.69) is 29.2 Å². The molecule has 1 heterocycles. The average Bonchev–Trinajstić information content (AvgIpc) is 2.35. The van der Waals surface area contributed by atoms with Gasteiger partial charge in [0.25, 0.3) is 0 Å². The van der Waals surface area contributed by atoms with Crippen LogP contribution < -0.4 is 5.32 Å². The number of piperidine rings is 1. The maximum Gasteiger partial charge on any atom is 0.323 e. The lowest BCUT2D eigenvalue weighted by atomic mass is 9.95. The van der Waals surface area contributed by atoms with Crippen LogP contribution in [0.25, 0.3) is 0 Å². The highest BCUT2D eigenvalue weighted by Crippen LogP contribution is 2.17. The van der Waals surface area contributed by atoms with Crippen molar-refractivity contribution in [2.24, 2.45) is 0 Å². The quantitative estimate of drug-likeness (QED) is 0.737. The molecule has 1 saturated heterocycles. The molecule has 1 aliphatic rings. The number of carbonyl (C=O) groups is 1. The molecule has 2 atom stereocenters. The van der Waals surface area contributed by atoms with E-state index in [9.17, 15) is 9.90 Å². The van der Waals surface area contributed by atoms with E-state index in [-0.39, 0.29) is 6.04 Å². The van der Waals surface area contributed by atoms with Gasteiger partial charge in [0.2, 0.25) is 0 Å². The number of nitrogens with zero attached hydrogens (tertiary/aromatic N) is 2. The van der Waals surface area contributed by atoms with E-state index in [1.54, 1.807) is 6.92 Å². The van der Waals surface area contributed by atoms with Crippen molar-refractivity contribution in [2.45, 2.75) is 57.7 Å². The molecule has 1 fully saturated rings. The Morgan fingerprint density at radius 2 is 2.15 bits per heavy atom. The lowest BCUT2D eigenvalue weighted by Crippen LogP contribution is -2.55. The Morgan fingerprint density at radius 3 is 2.65 bits per heavy atom. The fourth-order valence-electron chi connectivity index (χ4n) is 2.92. The number of rotatable bonds is 7. The van der Waals surface area contributed by atoms with Gasteiger partial charge in [-0.3, -0.25) is 10.1 Å². The average molecular weight is 285 g/mol. The third-order valence-corrected chi connectivity index (χ3v) is 4.22. The van der Waals surface area contributed by atoms with Crippen LogP contribution in [0.2, 0.25) is 0 Å². The summed E-state index contributed by atoms with van der Waals surface area (Å²) < 4.78 is 0.